The molecule has 3 N–H and O–H groups in total. The molecule has 0 amide bonds. The molecule has 1 aromatic heterocycles. The second-order valence-electron chi connectivity index (χ2n) is 6.01. The number of H-pyrrole nitrogens is 1. The van der Waals surface area contributed by atoms with Gasteiger partial charge in [0.25, 0.3) is 0 Å². The summed E-state index contributed by atoms with van der Waals surface area (Å²) in [6.45, 7) is 1.46. The van der Waals surface area contributed by atoms with E-state index in [2.05, 4.69) is 4.98 Å². The Bertz CT molecular complexity index is 968. The first-order chi connectivity index (χ1) is 12.5. The molecule has 0 aliphatic heterocycles. The fourth-order valence-corrected chi connectivity index (χ4v) is 2.78. The SMILES string of the molecule is COc1cc(C(C)=O)ccc1OC(=O)[C@@H](N)Cc1c[nH]c2ccccc12.Cl. The molecule has 0 fully saturated rings. The van der Waals surface area contributed by atoms with E-state index >= 15 is 0 Å². The van der Waals surface area contributed by atoms with Gasteiger partial charge in [-0.3, -0.25) is 4.79 Å². The number of methoxy groups -OCH3 is 1. The van der Waals surface area contributed by atoms with Crippen molar-refractivity contribution >= 4 is 35.1 Å². The van der Waals surface area contributed by atoms with Gasteiger partial charge in [0.15, 0.2) is 17.3 Å². The summed E-state index contributed by atoms with van der Waals surface area (Å²) in [6, 6.07) is 11.6. The number of aromatic nitrogens is 1. The molecule has 27 heavy (non-hydrogen) atoms. The van der Waals surface area contributed by atoms with Crippen molar-refractivity contribution < 1.29 is 19.1 Å². The number of carbonyl (C=O) groups is 2. The molecule has 1 atom stereocenters. The van der Waals surface area contributed by atoms with Gasteiger partial charge in [-0.25, -0.2) is 4.79 Å². The van der Waals surface area contributed by atoms with Crippen molar-refractivity contribution in [3.05, 3.63) is 59.8 Å². The summed E-state index contributed by atoms with van der Waals surface area (Å²) in [5.74, 6) is -0.122. The van der Waals surface area contributed by atoms with Gasteiger partial charge in [-0.15, -0.1) is 12.4 Å². The van der Waals surface area contributed by atoms with Crippen LogP contribution in [0.25, 0.3) is 10.9 Å². The summed E-state index contributed by atoms with van der Waals surface area (Å²) < 4.78 is 10.6. The number of halogens is 1. The van der Waals surface area contributed by atoms with Crippen LogP contribution >= 0.6 is 12.4 Å². The van der Waals surface area contributed by atoms with Crippen LogP contribution < -0.4 is 15.2 Å². The van der Waals surface area contributed by atoms with Crippen LogP contribution in [0.2, 0.25) is 0 Å². The topological polar surface area (TPSA) is 94.4 Å². The Balaban J connectivity index is 0.00000261. The van der Waals surface area contributed by atoms with Gasteiger partial charge in [0.1, 0.15) is 6.04 Å². The lowest BCUT2D eigenvalue weighted by atomic mass is 10.1. The second kappa shape index (κ2) is 8.70. The lowest BCUT2D eigenvalue weighted by molar-refractivity contribution is -0.135. The maximum absolute atomic E-state index is 12.4. The number of nitrogens with two attached hydrogens (primary N) is 1. The molecule has 0 spiro atoms. The third-order valence-corrected chi connectivity index (χ3v) is 4.20. The van der Waals surface area contributed by atoms with E-state index in [0.717, 1.165) is 16.5 Å². The Morgan fingerprint density at radius 2 is 1.89 bits per heavy atom. The maximum Gasteiger partial charge on any atom is 0.328 e. The van der Waals surface area contributed by atoms with Crippen molar-refractivity contribution in [3.63, 3.8) is 0 Å². The predicted molar refractivity (Wildman–Crippen MR) is 106 cm³/mol. The number of rotatable bonds is 6. The van der Waals surface area contributed by atoms with Crippen LogP contribution in [-0.4, -0.2) is 29.9 Å². The molecule has 0 bridgehead atoms. The van der Waals surface area contributed by atoms with Crippen molar-refractivity contribution in [1.82, 2.24) is 4.98 Å². The standard InChI is InChI=1S/C20H20N2O4.ClH/c1-12(23)13-7-8-18(19(10-13)25-2)26-20(24)16(21)9-14-11-22-17-6-4-3-5-15(14)17;/h3-8,10-11,16,22H,9,21H2,1-2H3;1H/t16-;/m0./s1. The molecule has 142 valence electrons. The number of ether oxygens (including phenoxy) is 2. The normalized spacial score (nSPS) is 11.5. The minimum Gasteiger partial charge on any atom is -0.493 e. The number of hydrogen-bond donors (Lipinski definition) is 2. The Kier molecular flexibility index (Phi) is 6.60. The average molecular weight is 389 g/mol. The van der Waals surface area contributed by atoms with E-state index in [4.69, 9.17) is 15.2 Å². The van der Waals surface area contributed by atoms with Crippen LogP contribution in [0.3, 0.4) is 0 Å². The number of aromatic amines is 1. The fourth-order valence-electron chi connectivity index (χ4n) is 2.78. The Morgan fingerprint density at radius 3 is 2.59 bits per heavy atom. The van der Waals surface area contributed by atoms with Crippen LogP contribution in [0.15, 0.2) is 48.7 Å². The van der Waals surface area contributed by atoms with Crippen molar-refractivity contribution in [2.24, 2.45) is 5.73 Å². The molecule has 0 saturated carbocycles. The number of Topliss-reactive ketones (excluding diaryl/α,β-unsaturated/α-hetero) is 1. The highest BCUT2D eigenvalue weighted by Gasteiger charge is 2.20. The highest BCUT2D eigenvalue weighted by atomic mass is 35.5. The van der Waals surface area contributed by atoms with Crippen molar-refractivity contribution in [2.75, 3.05) is 7.11 Å². The van der Waals surface area contributed by atoms with Crippen molar-refractivity contribution in [1.29, 1.82) is 0 Å². The van der Waals surface area contributed by atoms with E-state index in [0.29, 0.717) is 17.7 Å². The quantitative estimate of drug-likeness (QED) is 0.384. The van der Waals surface area contributed by atoms with E-state index in [1.807, 2.05) is 30.5 Å². The molecule has 3 aromatic rings. The van der Waals surface area contributed by atoms with Gasteiger partial charge in [0.2, 0.25) is 0 Å². The number of fused-ring (bicyclic) bond motifs is 1. The van der Waals surface area contributed by atoms with Crippen molar-refractivity contribution in [2.45, 2.75) is 19.4 Å². The molecule has 2 aromatic carbocycles. The number of ketones is 1. The zero-order chi connectivity index (χ0) is 18.7. The summed E-state index contributed by atoms with van der Waals surface area (Å²) >= 11 is 0. The molecule has 0 aliphatic rings. The first-order valence-corrected chi connectivity index (χ1v) is 8.21. The zero-order valence-corrected chi connectivity index (χ0v) is 15.8. The molecule has 0 unspecified atom stereocenters. The first-order valence-electron chi connectivity index (χ1n) is 8.21. The van der Waals surface area contributed by atoms with Crippen LogP contribution in [0.4, 0.5) is 0 Å². The Morgan fingerprint density at radius 1 is 1.15 bits per heavy atom. The smallest absolute Gasteiger partial charge is 0.328 e. The van der Waals surface area contributed by atoms with Crippen molar-refractivity contribution in [3.8, 4) is 11.5 Å². The zero-order valence-electron chi connectivity index (χ0n) is 15.0. The van der Waals surface area contributed by atoms with E-state index in [1.165, 1.54) is 26.2 Å². The van der Waals surface area contributed by atoms with Gasteiger partial charge in [-0.05, 0) is 36.8 Å². The number of carbonyl (C=O) groups excluding carboxylic acids is 2. The summed E-state index contributed by atoms with van der Waals surface area (Å²) in [5.41, 5.74) is 8.45. The van der Waals surface area contributed by atoms with E-state index < -0.39 is 12.0 Å². The molecule has 6 nitrogen and oxygen atoms in total. The predicted octanol–water partition coefficient (Wildman–Crippen LogP) is 3.28. The fraction of sp³-hybridized carbons (Fsp3) is 0.200. The molecule has 0 saturated heterocycles. The van der Waals surface area contributed by atoms with Crippen LogP contribution in [0.5, 0.6) is 11.5 Å². The maximum atomic E-state index is 12.4. The first kappa shape index (κ1) is 20.5. The summed E-state index contributed by atoms with van der Waals surface area (Å²) in [7, 11) is 1.45. The molecule has 1 heterocycles. The lowest BCUT2D eigenvalue weighted by Gasteiger charge is -2.13. The molecular weight excluding hydrogens is 368 g/mol. The van der Waals surface area contributed by atoms with E-state index in [9.17, 15) is 9.59 Å². The molecule has 0 radical (unpaired) electrons. The third-order valence-electron chi connectivity index (χ3n) is 4.20. The largest absolute Gasteiger partial charge is 0.493 e. The van der Waals surface area contributed by atoms with Gasteiger partial charge in [-0.2, -0.15) is 0 Å². The number of hydrogen-bond acceptors (Lipinski definition) is 5. The summed E-state index contributed by atoms with van der Waals surface area (Å²) in [6.07, 6.45) is 2.19. The van der Waals surface area contributed by atoms with Crippen LogP contribution in [0.1, 0.15) is 22.8 Å². The van der Waals surface area contributed by atoms with Crippen LogP contribution in [0, 0.1) is 0 Å². The average Bonchev–Trinajstić information content (AvgIpc) is 3.04. The Labute approximate surface area is 163 Å². The molecule has 0 aliphatic carbocycles. The highest BCUT2D eigenvalue weighted by molar-refractivity contribution is 5.95. The summed E-state index contributed by atoms with van der Waals surface area (Å²) in [4.78, 5) is 27.0. The number of esters is 1. The molecule has 3 rings (SSSR count). The van der Waals surface area contributed by atoms with Gasteiger partial charge < -0.3 is 20.2 Å². The summed E-state index contributed by atoms with van der Waals surface area (Å²) in [5, 5.41) is 1.03. The van der Waals surface area contributed by atoms with Gasteiger partial charge in [0.05, 0.1) is 7.11 Å². The molecule has 7 heteroatoms. The minimum absolute atomic E-state index is 0. The minimum atomic E-state index is -0.827. The van der Waals surface area contributed by atoms with Gasteiger partial charge >= 0.3 is 5.97 Å². The lowest BCUT2D eigenvalue weighted by Crippen LogP contribution is -2.36. The Hall–Kier alpha value is -2.83. The van der Waals surface area contributed by atoms with Gasteiger partial charge in [0, 0.05) is 29.1 Å². The number of para-hydroxylation sites is 1. The number of nitrogens with one attached hydrogen (secondary N) is 1. The monoisotopic (exact) mass is 388 g/mol. The van der Waals surface area contributed by atoms with E-state index in [-0.39, 0.29) is 23.9 Å². The third kappa shape index (κ3) is 4.48. The molecular formula is C20H21ClN2O4. The van der Waals surface area contributed by atoms with E-state index in [1.54, 1.807) is 6.07 Å². The highest BCUT2D eigenvalue weighted by Crippen LogP contribution is 2.29. The van der Waals surface area contributed by atoms with Gasteiger partial charge in [-0.1, -0.05) is 18.2 Å². The number of benzene rings is 2. The second-order valence-corrected chi connectivity index (χ2v) is 6.01. The van der Waals surface area contributed by atoms with Crippen LogP contribution in [-0.2, 0) is 11.2 Å².